The summed E-state index contributed by atoms with van der Waals surface area (Å²) in [7, 11) is 0. The van der Waals surface area contributed by atoms with Crippen LogP contribution in [-0.4, -0.2) is 21.8 Å². The lowest BCUT2D eigenvalue weighted by molar-refractivity contribution is -0.606. The van der Waals surface area contributed by atoms with Crippen molar-refractivity contribution in [3.63, 3.8) is 0 Å². The largest absolute Gasteiger partial charge is 0.619 e. The molecule has 1 spiro atoms. The smallest absolute Gasteiger partial charge is 0.339 e. The zero-order valence-electron chi connectivity index (χ0n) is 17.7. The van der Waals surface area contributed by atoms with Crippen LogP contribution in [0.4, 0.5) is 10.3 Å². The summed E-state index contributed by atoms with van der Waals surface area (Å²) >= 11 is 0. The first-order valence-corrected chi connectivity index (χ1v) is 10.7. The third kappa shape index (κ3) is 3.90. The summed E-state index contributed by atoms with van der Waals surface area (Å²) < 4.78 is 19.2. The van der Waals surface area contributed by atoms with Crippen molar-refractivity contribution in [3.8, 4) is 11.1 Å². The average Bonchev–Trinajstić information content (AvgIpc) is 3.10. The Balaban J connectivity index is 1.23. The van der Waals surface area contributed by atoms with E-state index in [4.69, 9.17) is 4.74 Å². The molecule has 0 atom stereocenters. The fourth-order valence-corrected chi connectivity index (χ4v) is 4.61. The van der Waals surface area contributed by atoms with E-state index in [1.807, 2.05) is 6.07 Å². The van der Waals surface area contributed by atoms with Crippen LogP contribution in [0.3, 0.4) is 0 Å². The number of fused-ring (bicyclic) bond motifs is 2. The summed E-state index contributed by atoms with van der Waals surface area (Å²) in [5.74, 6) is -0.728. The molecule has 1 N–H and O–H groups in total. The molecule has 3 aromatic rings. The molecule has 1 amide bonds. The number of ether oxygens (including phenoxy) is 1. The van der Waals surface area contributed by atoms with E-state index in [-0.39, 0.29) is 17.8 Å². The molecule has 1 aliphatic heterocycles. The SMILES string of the molecule is O=C1OC2(CCC(C(=O)Nc3ncc(-c4cccc(CF)c4)cn3)CC2)c2c[n+]([O-])ccc21. The molecule has 2 aromatic heterocycles. The van der Waals surface area contributed by atoms with Crippen molar-refractivity contribution in [2.24, 2.45) is 5.92 Å². The summed E-state index contributed by atoms with van der Waals surface area (Å²) in [4.78, 5) is 33.4. The number of carbonyl (C=O) groups excluding carboxylic acids is 2. The van der Waals surface area contributed by atoms with E-state index in [0.717, 1.165) is 11.1 Å². The van der Waals surface area contributed by atoms with E-state index < -0.39 is 18.2 Å². The Labute approximate surface area is 189 Å². The number of benzene rings is 1. The number of amides is 1. The van der Waals surface area contributed by atoms with E-state index in [1.54, 1.807) is 30.6 Å². The van der Waals surface area contributed by atoms with Gasteiger partial charge in [0.2, 0.25) is 11.9 Å². The molecule has 1 fully saturated rings. The summed E-state index contributed by atoms with van der Waals surface area (Å²) in [6, 6.07) is 8.53. The van der Waals surface area contributed by atoms with Gasteiger partial charge in [-0.05, 0) is 42.9 Å². The van der Waals surface area contributed by atoms with Crippen LogP contribution in [0.25, 0.3) is 11.1 Å². The molecule has 33 heavy (non-hydrogen) atoms. The van der Waals surface area contributed by atoms with Crippen molar-refractivity contribution in [2.75, 3.05) is 5.32 Å². The standard InChI is InChI=1S/C24H21FN4O4/c25-11-15-2-1-3-17(10-15)18-12-26-23(27-13-18)28-21(30)16-4-7-24(8-5-16)20-14-29(32)9-6-19(20)22(31)33-24/h1-3,6,9-10,12-14,16H,4-5,7-8,11H2,(H,26,27,28,30). The number of carbonyl (C=O) groups is 2. The van der Waals surface area contributed by atoms with Gasteiger partial charge in [-0.3, -0.25) is 10.1 Å². The van der Waals surface area contributed by atoms with Crippen molar-refractivity contribution < 1.29 is 23.4 Å². The van der Waals surface area contributed by atoms with Gasteiger partial charge in [-0.15, -0.1) is 0 Å². The second-order valence-corrected chi connectivity index (χ2v) is 8.41. The van der Waals surface area contributed by atoms with Crippen molar-refractivity contribution >= 4 is 17.8 Å². The van der Waals surface area contributed by atoms with Gasteiger partial charge < -0.3 is 9.94 Å². The van der Waals surface area contributed by atoms with Crippen LogP contribution < -0.4 is 10.0 Å². The molecular weight excluding hydrogens is 427 g/mol. The molecule has 8 nitrogen and oxygen atoms in total. The van der Waals surface area contributed by atoms with E-state index in [1.165, 1.54) is 18.5 Å². The van der Waals surface area contributed by atoms with Gasteiger partial charge >= 0.3 is 5.97 Å². The molecule has 1 saturated carbocycles. The number of aromatic nitrogens is 3. The fraction of sp³-hybridized carbons (Fsp3) is 0.292. The normalized spacial score (nSPS) is 21.5. The van der Waals surface area contributed by atoms with Crippen LogP contribution in [0.15, 0.2) is 55.1 Å². The van der Waals surface area contributed by atoms with Gasteiger partial charge in [0.15, 0.2) is 12.4 Å². The lowest BCUT2D eigenvalue weighted by Crippen LogP contribution is -2.37. The van der Waals surface area contributed by atoms with E-state index in [9.17, 15) is 19.2 Å². The fourth-order valence-electron chi connectivity index (χ4n) is 4.61. The molecule has 0 saturated heterocycles. The molecule has 168 valence electrons. The highest BCUT2D eigenvalue weighted by Crippen LogP contribution is 2.47. The highest BCUT2D eigenvalue weighted by molar-refractivity contribution is 5.94. The lowest BCUT2D eigenvalue weighted by atomic mass is 9.75. The Morgan fingerprint density at radius 1 is 1.21 bits per heavy atom. The first-order chi connectivity index (χ1) is 16.0. The molecule has 3 heterocycles. The third-order valence-corrected chi connectivity index (χ3v) is 6.40. The highest BCUT2D eigenvalue weighted by Gasteiger charge is 2.50. The maximum atomic E-state index is 12.9. The molecule has 1 aromatic carbocycles. The van der Waals surface area contributed by atoms with E-state index in [2.05, 4.69) is 15.3 Å². The van der Waals surface area contributed by atoms with Crippen LogP contribution in [0.5, 0.6) is 0 Å². The molecule has 5 rings (SSSR count). The Morgan fingerprint density at radius 2 is 1.97 bits per heavy atom. The van der Waals surface area contributed by atoms with Gasteiger partial charge in [0.1, 0.15) is 12.3 Å². The van der Waals surface area contributed by atoms with Gasteiger partial charge in [0.25, 0.3) is 0 Å². The second kappa shape index (κ2) is 8.23. The van der Waals surface area contributed by atoms with E-state index >= 15 is 0 Å². The van der Waals surface area contributed by atoms with Crippen LogP contribution in [-0.2, 0) is 21.8 Å². The number of halogens is 1. The molecule has 0 bridgehead atoms. The summed E-state index contributed by atoms with van der Waals surface area (Å²) in [6.45, 7) is -0.548. The Hall–Kier alpha value is -3.88. The minimum Gasteiger partial charge on any atom is -0.619 e. The van der Waals surface area contributed by atoms with Crippen molar-refractivity contribution in [1.29, 1.82) is 0 Å². The minimum atomic E-state index is -0.844. The van der Waals surface area contributed by atoms with Crippen LogP contribution >= 0.6 is 0 Å². The number of alkyl halides is 1. The van der Waals surface area contributed by atoms with Gasteiger partial charge in [-0.2, -0.15) is 4.73 Å². The number of nitrogens with zero attached hydrogens (tertiary/aromatic N) is 3. The van der Waals surface area contributed by atoms with Crippen LogP contribution in [0.1, 0.15) is 47.2 Å². The number of hydrogen-bond acceptors (Lipinski definition) is 6. The van der Waals surface area contributed by atoms with Gasteiger partial charge in [-0.25, -0.2) is 19.2 Å². The molecule has 1 aliphatic carbocycles. The predicted molar refractivity (Wildman–Crippen MR) is 115 cm³/mol. The third-order valence-electron chi connectivity index (χ3n) is 6.40. The number of pyridine rings is 1. The monoisotopic (exact) mass is 448 g/mol. The molecule has 9 heteroatoms. The zero-order valence-corrected chi connectivity index (χ0v) is 17.7. The quantitative estimate of drug-likeness (QED) is 0.372. The lowest BCUT2D eigenvalue weighted by Gasteiger charge is -2.35. The molecular formula is C24H21FN4O4. The minimum absolute atomic E-state index is 0.190. The number of nitrogens with one attached hydrogen (secondary N) is 1. The van der Waals surface area contributed by atoms with Crippen LogP contribution in [0, 0.1) is 11.1 Å². The second-order valence-electron chi connectivity index (χ2n) is 8.41. The van der Waals surface area contributed by atoms with Crippen molar-refractivity contribution in [3.05, 3.63) is 77.0 Å². The number of rotatable bonds is 4. The van der Waals surface area contributed by atoms with Gasteiger partial charge in [0.05, 0.1) is 11.1 Å². The first kappa shape index (κ1) is 21.0. The maximum absolute atomic E-state index is 12.9. The predicted octanol–water partition coefficient (Wildman–Crippen LogP) is 3.44. The summed E-state index contributed by atoms with van der Waals surface area (Å²) in [5, 5.41) is 14.5. The van der Waals surface area contributed by atoms with Gasteiger partial charge in [-0.1, -0.05) is 18.2 Å². The zero-order chi connectivity index (χ0) is 23.0. The summed E-state index contributed by atoms with van der Waals surface area (Å²) in [5.41, 5.74) is 2.26. The summed E-state index contributed by atoms with van der Waals surface area (Å²) in [6.07, 6.45) is 7.75. The number of anilines is 1. The molecule has 0 unspecified atom stereocenters. The van der Waals surface area contributed by atoms with Gasteiger partial charge in [0, 0.05) is 29.9 Å². The Kier molecular flexibility index (Phi) is 5.24. The van der Waals surface area contributed by atoms with Crippen molar-refractivity contribution in [1.82, 2.24) is 9.97 Å². The Morgan fingerprint density at radius 3 is 2.70 bits per heavy atom. The highest BCUT2D eigenvalue weighted by atomic mass is 19.1. The van der Waals surface area contributed by atoms with Crippen molar-refractivity contribution in [2.45, 2.75) is 38.0 Å². The maximum Gasteiger partial charge on any atom is 0.339 e. The average molecular weight is 448 g/mol. The number of esters is 1. The van der Waals surface area contributed by atoms with Crippen LogP contribution in [0.2, 0.25) is 0 Å². The Bertz CT molecular complexity index is 1220. The molecule has 0 radical (unpaired) electrons. The molecule has 2 aliphatic rings. The number of hydrogen-bond donors (Lipinski definition) is 1. The topological polar surface area (TPSA) is 108 Å². The first-order valence-electron chi connectivity index (χ1n) is 10.7. The van der Waals surface area contributed by atoms with E-state index in [0.29, 0.717) is 47.1 Å².